The monoisotopic (exact) mass is 127 g/mol. The minimum Gasteiger partial charge on any atom is -0.306 e. The Labute approximate surface area is 58.2 Å². The zero-order valence-electron chi connectivity index (χ0n) is 6.86. The number of hydrogen-bond donors (Lipinski definition) is 1. The maximum atomic E-state index is 3.68. The van der Waals surface area contributed by atoms with Crippen molar-refractivity contribution in [2.75, 3.05) is 0 Å². The van der Waals surface area contributed by atoms with Crippen molar-refractivity contribution in [2.45, 2.75) is 39.3 Å². The Morgan fingerprint density at radius 3 is 2.00 bits per heavy atom. The molecule has 0 rings (SSSR count). The summed E-state index contributed by atoms with van der Waals surface area (Å²) in [5.74, 6) is 0. The van der Waals surface area contributed by atoms with E-state index in [0.29, 0.717) is 6.04 Å². The van der Waals surface area contributed by atoms with Gasteiger partial charge in [-0.25, -0.2) is 0 Å². The zero-order chi connectivity index (χ0) is 7.49. The summed E-state index contributed by atoms with van der Waals surface area (Å²) in [6.07, 6.45) is 1.91. The van der Waals surface area contributed by atoms with Crippen LogP contribution in [0.25, 0.3) is 0 Å². The van der Waals surface area contributed by atoms with Crippen molar-refractivity contribution in [3.63, 3.8) is 0 Å². The highest BCUT2D eigenvalue weighted by molar-refractivity contribution is 4.86. The quantitative estimate of drug-likeness (QED) is 0.559. The van der Waals surface area contributed by atoms with Crippen molar-refractivity contribution in [2.24, 2.45) is 0 Å². The molecule has 1 atom stereocenters. The van der Waals surface area contributed by atoms with Gasteiger partial charge in [0.2, 0.25) is 0 Å². The van der Waals surface area contributed by atoms with E-state index < -0.39 is 0 Å². The predicted octanol–water partition coefficient (Wildman–Crippen LogP) is 1.95. The second kappa shape index (κ2) is 3.02. The first-order chi connectivity index (χ1) is 3.95. The van der Waals surface area contributed by atoms with Crippen LogP contribution < -0.4 is 5.32 Å². The second-order valence-electron chi connectivity index (χ2n) is 3.42. The Bertz CT molecular complexity index is 89.2. The van der Waals surface area contributed by atoms with Gasteiger partial charge in [-0.15, -0.1) is 6.58 Å². The molecule has 0 aliphatic heterocycles. The Balaban J connectivity index is 3.59. The van der Waals surface area contributed by atoms with E-state index in [1.165, 1.54) is 0 Å². The number of nitrogens with one attached hydrogen (secondary N) is 1. The van der Waals surface area contributed by atoms with Crippen LogP contribution in [0, 0.1) is 0 Å². The van der Waals surface area contributed by atoms with Crippen LogP contribution in [0.3, 0.4) is 0 Å². The SMILES string of the molecule is C=C[C@H](C)NC(C)(C)C. The number of hydrogen-bond acceptors (Lipinski definition) is 1. The molecule has 0 spiro atoms. The van der Waals surface area contributed by atoms with E-state index in [0.717, 1.165) is 0 Å². The molecule has 1 heteroatoms. The van der Waals surface area contributed by atoms with Gasteiger partial charge >= 0.3 is 0 Å². The Kier molecular flexibility index (Phi) is 2.92. The third kappa shape index (κ3) is 5.57. The summed E-state index contributed by atoms with van der Waals surface area (Å²) in [6.45, 7) is 12.2. The molecular weight excluding hydrogens is 110 g/mol. The predicted molar refractivity (Wildman–Crippen MR) is 42.5 cm³/mol. The molecule has 0 aliphatic rings. The first-order valence-corrected chi connectivity index (χ1v) is 3.36. The van der Waals surface area contributed by atoms with Gasteiger partial charge in [-0.1, -0.05) is 6.08 Å². The van der Waals surface area contributed by atoms with E-state index in [9.17, 15) is 0 Å². The fraction of sp³-hybridized carbons (Fsp3) is 0.750. The van der Waals surface area contributed by atoms with Gasteiger partial charge in [0.1, 0.15) is 0 Å². The van der Waals surface area contributed by atoms with Gasteiger partial charge in [-0.3, -0.25) is 0 Å². The fourth-order valence-corrected chi connectivity index (χ4v) is 0.742. The van der Waals surface area contributed by atoms with Gasteiger partial charge in [0.25, 0.3) is 0 Å². The highest BCUT2D eigenvalue weighted by Crippen LogP contribution is 2.00. The van der Waals surface area contributed by atoms with Crippen LogP contribution in [0.15, 0.2) is 12.7 Å². The zero-order valence-corrected chi connectivity index (χ0v) is 6.86. The minimum atomic E-state index is 0.202. The summed E-state index contributed by atoms with van der Waals surface area (Å²) in [6, 6.07) is 0.407. The van der Waals surface area contributed by atoms with Crippen LogP contribution >= 0.6 is 0 Å². The van der Waals surface area contributed by atoms with Crippen molar-refractivity contribution < 1.29 is 0 Å². The third-order valence-corrected chi connectivity index (χ3v) is 1.01. The standard InChI is InChI=1S/C8H17N/c1-6-7(2)9-8(3,4)5/h6-7,9H,1H2,2-5H3/t7-/m0/s1. The fourth-order valence-electron chi connectivity index (χ4n) is 0.742. The van der Waals surface area contributed by atoms with Gasteiger partial charge in [0, 0.05) is 11.6 Å². The molecule has 0 aromatic carbocycles. The molecule has 54 valence electrons. The molecule has 1 N–H and O–H groups in total. The molecule has 0 fully saturated rings. The Hall–Kier alpha value is -0.300. The molecule has 0 unspecified atom stereocenters. The van der Waals surface area contributed by atoms with Gasteiger partial charge in [-0.2, -0.15) is 0 Å². The lowest BCUT2D eigenvalue weighted by Gasteiger charge is -2.23. The van der Waals surface area contributed by atoms with Crippen LogP contribution in [-0.4, -0.2) is 11.6 Å². The smallest absolute Gasteiger partial charge is 0.0223 e. The Morgan fingerprint density at radius 2 is 1.89 bits per heavy atom. The molecule has 0 radical (unpaired) electrons. The maximum Gasteiger partial charge on any atom is 0.0223 e. The van der Waals surface area contributed by atoms with Crippen molar-refractivity contribution in [1.29, 1.82) is 0 Å². The highest BCUT2D eigenvalue weighted by Gasteiger charge is 2.10. The molecule has 0 bridgehead atoms. The summed E-state index contributed by atoms with van der Waals surface area (Å²) in [7, 11) is 0. The van der Waals surface area contributed by atoms with E-state index in [-0.39, 0.29) is 5.54 Å². The molecule has 0 aromatic rings. The van der Waals surface area contributed by atoms with Crippen molar-refractivity contribution >= 4 is 0 Å². The minimum absolute atomic E-state index is 0.202. The lowest BCUT2D eigenvalue weighted by Crippen LogP contribution is -2.40. The largest absolute Gasteiger partial charge is 0.306 e. The van der Waals surface area contributed by atoms with E-state index >= 15 is 0 Å². The lowest BCUT2D eigenvalue weighted by atomic mass is 10.1. The van der Waals surface area contributed by atoms with Crippen LogP contribution in [0.2, 0.25) is 0 Å². The molecule has 9 heavy (non-hydrogen) atoms. The maximum absolute atomic E-state index is 3.68. The molecule has 1 nitrogen and oxygen atoms in total. The summed E-state index contributed by atoms with van der Waals surface area (Å²) >= 11 is 0. The average Bonchev–Trinajstić information content (AvgIpc) is 1.62. The van der Waals surface area contributed by atoms with E-state index in [1.807, 2.05) is 6.08 Å². The van der Waals surface area contributed by atoms with Crippen LogP contribution in [-0.2, 0) is 0 Å². The highest BCUT2D eigenvalue weighted by atomic mass is 15.0. The first kappa shape index (κ1) is 8.70. The molecule has 0 aliphatic carbocycles. The van der Waals surface area contributed by atoms with E-state index in [4.69, 9.17) is 0 Å². The molecule has 0 aromatic heterocycles. The summed E-state index contributed by atoms with van der Waals surface area (Å²) in [5, 5.41) is 3.35. The lowest BCUT2D eigenvalue weighted by molar-refractivity contribution is 0.404. The van der Waals surface area contributed by atoms with Gasteiger partial charge in [-0.05, 0) is 27.7 Å². The van der Waals surface area contributed by atoms with Crippen molar-refractivity contribution in [1.82, 2.24) is 5.32 Å². The Morgan fingerprint density at radius 1 is 1.44 bits per heavy atom. The molecule has 0 heterocycles. The topological polar surface area (TPSA) is 12.0 Å². The van der Waals surface area contributed by atoms with Crippen molar-refractivity contribution in [3.8, 4) is 0 Å². The van der Waals surface area contributed by atoms with Gasteiger partial charge in [0.15, 0.2) is 0 Å². The van der Waals surface area contributed by atoms with Gasteiger partial charge in [0.05, 0.1) is 0 Å². The molecule has 0 saturated heterocycles. The van der Waals surface area contributed by atoms with E-state index in [1.54, 1.807) is 0 Å². The molecule has 0 saturated carbocycles. The third-order valence-electron chi connectivity index (χ3n) is 1.01. The van der Waals surface area contributed by atoms with Crippen LogP contribution in [0.5, 0.6) is 0 Å². The molecule has 0 amide bonds. The second-order valence-corrected chi connectivity index (χ2v) is 3.42. The normalized spacial score (nSPS) is 15.1. The van der Waals surface area contributed by atoms with Crippen LogP contribution in [0.1, 0.15) is 27.7 Å². The molecular formula is C8H17N. The van der Waals surface area contributed by atoms with Gasteiger partial charge < -0.3 is 5.32 Å². The van der Waals surface area contributed by atoms with Crippen molar-refractivity contribution in [3.05, 3.63) is 12.7 Å². The van der Waals surface area contributed by atoms with E-state index in [2.05, 4.69) is 39.6 Å². The summed E-state index contributed by atoms with van der Waals surface area (Å²) < 4.78 is 0. The summed E-state index contributed by atoms with van der Waals surface area (Å²) in [5.41, 5.74) is 0.202. The average molecular weight is 127 g/mol. The first-order valence-electron chi connectivity index (χ1n) is 3.36. The summed E-state index contributed by atoms with van der Waals surface area (Å²) in [4.78, 5) is 0. The van der Waals surface area contributed by atoms with Crippen LogP contribution in [0.4, 0.5) is 0 Å². The number of rotatable bonds is 2.